The van der Waals surface area contributed by atoms with Gasteiger partial charge in [0.15, 0.2) is 0 Å². The number of carboxylic acids is 1. The molecule has 0 bridgehead atoms. The molecule has 4 unspecified atom stereocenters. The Morgan fingerprint density at radius 3 is 2.26 bits per heavy atom. The van der Waals surface area contributed by atoms with Crippen molar-refractivity contribution in [3.8, 4) is 0 Å². The number of carboxylic acid groups (broad SMARTS) is 1. The highest BCUT2D eigenvalue weighted by molar-refractivity contribution is 5.76. The van der Waals surface area contributed by atoms with Gasteiger partial charge in [0.05, 0.1) is 5.92 Å². The van der Waals surface area contributed by atoms with Crippen LogP contribution in [0.25, 0.3) is 0 Å². The number of aliphatic carboxylic acids is 1. The molecule has 4 atom stereocenters. The van der Waals surface area contributed by atoms with Crippen LogP contribution in [0, 0.1) is 5.92 Å². The summed E-state index contributed by atoms with van der Waals surface area (Å²) in [5.41, 5.74) is 8.33. The summed E-state index contributed by atoms with van der Waals surface area (Å²) >= 11 is 0. The zero-order chi connectivity index (χ0) is 19.6. The molecule has 2 aromatic carbocycles. The Morgan fingerprint density at radius 2 is 1.74 bits per heavy atom. The number of piperidine rings is 1. The van der Waals surface area contributed by atoms with Crippen LogP contribution in [0.15, 0.2) is 60.7 Å². The number of benzene rings is 2. The monoisotopic (exact) mass is 368 g/mol. The van der Waals surface area contributed by atoms with Crippen molar-refractivity contribution >= 4 is 5.97 Å². The van der Waals surface area contributed by atoms with Gasteiger partial charge in [0.2, 0.25) is 0 Å². The third kappa shape index (κ3) is 6.19. The normalized spacial score (nSPS) is 21.4. The summed E-state index contributed by atoms with van der Waals surface area (Å²) in [7, 11) is 0. The predicted molar refractivity (Wildman–Crippen MR) is 111 cm³/mol. The number of nitrogens with one attached hydrogen (secondary N) is 1. The van der Waals surface area contributed by atoms with Gasteiger partial charge in [0.25, 0.3) is 0 Å². The Balaban J connectivity index is 0.000000194. The molecule has 1 aliphatic heterocycles. The second-order valence-electron chi connectivity index (χ2n) is 7.29. The van der Waals surface area contributed by atoms with Crippen molar-refractivity contribution in [2.24, 2.45) is 11.7 Å². The fourth-order valence-electron chi connectivity index (χ4n) is 3.55. The molecule has 0 spiro atoms. The van der Waals surface area contributed by atoms with Gasteiger partial charge in [-0.25, -0.2) is 0 Å². The summed E-state index contributed by atoms with van der Waals surface area (Å²) in [6.45, 7) is 6.07. The van der Waals surface area contributed by atoms with Crippen LogP contribution < -0.4 is 11.1 Å². The molecule has 1 heterocycles. The first-order valence-corrected chi connectivity index (χ1v) is 9.83. The van der Waals surface area contributed by atoms with Gasteiger partial charge in [0.1, 0.15) is 0 Å². The molecule has 27 heavy (non-hydrogen) atoms. The van der Waals surface area contributed by atoms with Crippen LogP contribution >= 0.6 is 0 Å². The largest absolute Gasteiger partial charge is 0.481 e. The second-order valence-corrected chi connectivity index (χ2v) is 7.29. The van der Waals surface area contributed by atoms with Gasteiger partial charge < -0.3 is 16.2 Å². The first kappa shape index (κ1) is 21.1. The van der Waals surface area contributed by atoms with Gasteiger partial charge in [-0.15, -0.1) is 0 Å². The predicted octanol–water partition coefficient (Wildman–Crippen LogP) is 3.99. The minimum atomic E-state index is -0.731. The third-order valence-electron chi connectivity index (χ3n) is 5.40. The molecule has 4 N–H and O–H groups in total. The first-order valence-electron chi connectivity index (χ1n) is 9.83. The smallest absolute Gasteiger partial charge is 0.311 e. The highest BCUT2D eigenvalue weighted by atomic mass is 16.4. The minimum absolute atomic E-state index is 0.176. The maximum absolute atomic E-state index is 11.1. The summed E-state index contributed by atoms with van der Waals surface area (Å²) < 4.78 is 0. The first-order chi connectivity index (χ1) is 13.0. The van der Waals surface area contributed by atoms with Crippen molar-refractivity contribution in [1.82, 2.24) is 5.32 Å². The van der Waals surface area contributed by atoms with Crippen LogP contribution in [0.1, 0.15) is 49.7 Å². The lowest BCUT2D eigenvalue weighted by Crippen LogP contribution is -2.43. The van der Waals surface area contributed by atoms with Crippen LogP contribution in [0.2, 0.25) is 0 Å². The summed E-state index contributed by atoms with van der Waals surface area (Å²) in [6, 6.07) is 20.3. The third-order valence-corrected chi connectivity index (χ3v) is 5.40. The zero-order valence-electron chi connectivity index (χ0n) is 16.3. The van der Waals surface area contributed by atoms with Gasteiger partial charge in [-0.1, -0.05) is 80.9 Å². The highest BCUT2D eigenvalue weighted by Crippen LogP contribution is 2.26. The number of carbonyl (C=O) groups is 1. The Bertz CT molecular complexity index is 675. The zero-order valence-corrected chi connectivity index (χ0v) is 16.3. The Hall–Kier alpha value is -2.17. The quantitative estimate of drug-likeness (QED) is 0.746. The van der Waals surface area contributed by atoms with Crippen LogP contribution in [-0.4, -0.2) is 30.2 Å². The molecule has 1 aliphatic rings. The molecular weight excluding hydrogens is 336 g/mol. The number of rotatable bonds is 5. The van der Waals surface area contributed by atoms with E-state index in [1.54, 1.807) is 0 Å². The summed E-state index contributed by atoms with van der Waals surface area (Å²) in [5, 5.41) is 12.5. The summed E-state index contributed by atoms with van der Waals surface area (Å²) in [4.78, 5) is 11.1. The van der Waals surface area contributed by atoms with E-state index >= 15 is 0 Å². The molecule has 4 heteroatoms. The van der Waals surface area contributed by atoms with Crippen LogP contribution in [0.4, 0.5) is 0 Å². The van der Waals surface area contributed by atoms with Crippen LogP contribution in [0.3, 0.4) is 0 Å². The van der Waals surface area contributed by atoms with Crippen LogP contribution in [-0.2, 0) is 4.79 Å². The Kier molecular flexibility index (Phi) is 8.49. The molecule has 0 aliphatic carbocycles. The van der Waals surface area contributed by atoms with E-state index < -0.39 is 5.97 Å². The van der Waals surface area contributed by atoms with Gasteiger partial charge in [-0.2, -0.15) is 0 Å². The second kappa shape index (κ2) is 10.9. The van der Waals surface area contributed by atoms with Crippen LogP contribution in [0.5, 0.6) is 0 Å². The standard InChI is InChI=1S/C12H16O2.C11H16N2/c1-3-9(2)11(12(13)14)10-7-5-4-6-8-10;12-11-6-7-13-8-10(11)9-4-2-1-3-5-9/h4-9,11H,3H2,1-2H3,(H,13,14);1-5,10-11,13H,6-8,12H2. The van der Waals surface area contributed by atoms with Crippen molar-refractivity contribution in [2.75, 3.05) is 13.1 Å². The van der Waals surface area contributed by atoms with Gasteiger partial charge in [0, 0.05) is 18.5 Å². The summed E-state index contributed by atoms with van der Waals surface area (Å²) in [5.74, 6) is -0.434. The molecule has 3 rings (SSSR count). The minimum Gasteiger partial charge on any atom is -0.481 e. The lowest BCUT2D eigenvalue weighted by molar-refractivity contribution is -0.140. The molecule has 0 aromatic heterocycles. The van der Waals surface area contributed by atoms with E-state index in [0.29, 0.717) is 12.0 Å². The molecule has 0 amide bonds. The number of nitrogens with two attached hydrogens (primary N) is 1. The lowest BCUT2D eigenvalue weighted by Gasteiger charge is -2.29. The lowest BCUT2D eigenvalue weighted by atomic mass is 9.86. The van der Waals surface area contributed by atoms with Crippen molar-refractivity contribution in [1.29, 1.82) is 0 Å². The van der Waals surface area contributed by atoms with Gasteiger partial charge in [-0.05, 0) is 30.0 Å². The average Bonchev–Trinajstić information content (AvgIpc) is 2.70. The van der Waals surface area contributed by atoms with E-state index in [1.807, 2.05) is 50.2 Å². The molecule has 2 aromatic rings. The fourth-order valence-corrected chi connectivity index (χ4v) is 3.55. The van der Waals surface area contributed by atoms with Gasteiger partial charge >= 0.3 is 5.97 Å². The van der Waals surface area contributed by atoms with Crippen molar-refractivity contribution in [3.05, 3.63) is 71.8 Å². The molecule has 1 fully saturated rings. The van der Waals surface area contributed by atoms with Gasteiger partial charge in [-0.3, -0.25) is 4.79 Å². The van der Waals surface area contributed by atoms with E-state index in [9.17, 15) is 4.79 Å². The molecule has 0 saturated carbocycles. The molecule has 4 nitrogen and oxygen atoms in total. The van der Waals surface area contributed by atoms with Crippen molar-refractivity contribution in [2.45, 2.75) is 44.6 Å². The molecule has 0 radical (unpaired) electrons. The average molecular weight is 369 g/mol. The highest BCUT2D eigenvalue weighted by Gasteiger charge is 2.25. The van der Waals surface area contributed by atoms with E-state index in [0.717, 1.165) is 31.5 Å². The fraction of sp³-hybridized carbons (Fsp3) is 0.435. The number of hydrogen-bond acceptors (Lipinski definition) is 3. The van der Waals surface area contributed by atoms with E-state index in [-0.39, 0.29) is 11.8 Å². The maximum Gasteiger partial charge on any atom is 0.311 e. The Labute approximate surface area is 162 Å². The molecule has 1 saturated heterocycles. The maximum atomic E-state index is 11.1. The van der Waals surface area contributed by atoms with E-state index in [4.69, 9.17) is 10.8 Å². The van der Waals surface area contributed by atoms with E-state index in [1.165, 1.54) is 5.56 Å². The van der Waals surface area contributed by atoms with E-state index in [2.05, 4.69) is 29.6 Å². The Morgan fingerprint density at radius 1 is 1.15 bits per heavy atom. The van der Waals surface area contributed by atoms with Crippen molar-refractivity contribution in [3.63, 3.8) is 0 Å². The summed E-state index contributed by atoms with van der Waals surface area (Å²) in [6.07, 6.45) is 1.96. The SMILES string of the molecule is CCC(C)C(C(=O)O)c1ccccc1.NC1CCNCC1c1ccccc1. The number of hydrogen-bond donors (Lipinski definition) is 3. The van der Waals surface area contributed by atoms with Crippen molar-refractivity contribution < 1.29 is 9.90 Å². The molecule has 146 valence electrons. The topological polar surface area (TPSA) is 75.3 Å². The molecular formula is C23H32N2O2.